The number of amides is 1. The Balaban J connectivity index is 1.52. The average molecular weight is 427 g/mol. The van der Waals surface area contributed by atoms with Crippen molar-refractivity contribution in [3.63, 3.8) is 0 Å². The Morgan fingerprint density at radius 1 is 0.903 bits per heavy atom. The van der Waals surface area contributed by atoms with Gasteiger partial charge in [-0.1, -0.05) is 72.4 Å². The zero-order valence-electron chi connectivity index (χ0n) is 17.2. The maximum absolute atomic E-state index is 12.6. The van der Waals surface area contributed by atoms with Gasteiger partial charge in [0.05, 0.1) is 11.3 Å². The summed E-state index contributed by atoms with van der Waals surface area (Å²) in [5.74, 6) is 0.0694. The lowest BCUT2D eigenvalue weighted by Crippen LogP contribution is -2.14. The number of para-hydroxylation sites is 1. The van der Waals surface area contributed by atoms with Crippen molar-refractivity contribution < 1.29 is 9.59 Å². The molecule has 1 N–H and O–H groups in total. The highest BCUT2D eigenvalue weighted by Gasteiger charge is 2.12. The summed E-state index contributed by atoms with van der Waals surface area (Å²) >= 11 is 1.43. The highest BCUT2D eigenvalue weighted by Crippen LogP contribution is 2.27. The molecule has 1 aromatic heterocycles. The van der Waals surface area contributed by atoms with Gasteiger partial charge in [0.2, 0.25) is 5.91 Å². The van der Waals surface area contributed by atoms with Crippen molar-refractivity contribution in [1.82, 2.24) is 4.98 Å². The van der Waals surface area contributed by atoms with Gasteiger partial charge in [0.15, 0.2) is 5.78 Å². The van der Waals surface area contributed by atoms with E-state index in [0.717, 1.165) is 27.9 Å². The largest absolute Gasteiger partial charge is 0.325 e. The Labute approximate surface area is 185 Å². The first kappa shape index (κ1) is 20.8. The lowest BCUT2D eigenvalue weighted by Gasteiger charge is -2.11. The van der Waals surface area contributed by atoms with Gasteiger partial charge in [0, 0.05) is 23.1 Å². The molecule has 0 unspecified atom stereocenters. The second kappa shape index (κ2) is 9.58. The van der Waals surface area contributed by atoms with E-state index in [1.54, 1.807) is 24.3 Å². The SMILES string of the molecule is CC(=O)c1cccc(NC(=O)CSc2nc3ccccc3cc2Cc2ccccc2)c1. The van der Waals surface area contributed by atoms with E-state index in [0.29, 0.717) is 11.3 Å². The number of ketones is 1. The monoisotopic (exact) mass is 426 g/mol. The number of benzene rings is 3. The summed E-state index contributed by atoms with van der Waals surface area (Å²) in [5.41, 5.74) is 4.41. The van der Waals surface area contributed by atoms with Gasteiger partial charge in [-0.05, 0) is 42.3 Å². The lowest BCUT2D eigenvalue weighted by atomic mass is 10.0. The Morgan fingerprint density at radius 2 is 1.68 bits per heavy atom. The first-order valence-electron chi connectivity index (χ1n) is 10.0. The molecule has 4 rings (SSSR count). The standard InChI is InChI=1S/C26H22N2O2S/c1-18(29)20-11-7-12-23(16-20)27-25(30)17-31-26-22(14-19-8-3-2-4-9-19)15-21-10-5-6-13-24(21)28-26/h2-13,15-16H,14,17H2,1H3,(H,27,30). The number of aromatic nitrogens is 1. The van der Waals surface area contributed by atoms with Crippen LogP contribution in [0.1, 0.15) is 28.4 Å². The highest BCUT2D eigenvalue weighted by atomic mass is 32.2. The molecule has 3 aromatic carbocycles. The Morgan fingerprint density at radius 3 is 2.48 bits per heavy atom. The summed E-state index contributed by atoms with van der Waals surface area (Å²) in [6, 6.07) is 27.4. The Bertz CT molecular complexity index is 1240. The number of pyridine rings is 1. The number of carbonyl (C=O) groups excluding carboxylic acids is 2. The molecule has 4 aromatic rings. The second-order valence-electron chi connectivity index (χ2n) is 7.28. The van der Waals surface area contributed by atoms with Gasteiger partial charge in [-0.3, -0.25) is 9.59 Å². The molecule has 0 atom stereocenters. The number of fused-ring (bicyclic) bond motifs is 1. The third-order valence-corrected chi connectivity index (χ3v) is 5.93. The van der Waals surface area contributed by atoms with Gasteiger partial charge in [-0.2, -0.15) is 0 Å². The van der Waals surface area contributed by atoms with Crippen LogP contribution in [0.5, 0.6) is 0 Å². The van der Waals surface area contributed by atoms with Crippen LogP contribution in [0.25, 0.3) is 10.9 Å². The van der Waals surface area contributed by atoms with E-state index in [4.69, 9.17) is 4.98 Å². The van der Waals surface area contributed by atoms with Crippen LogP contribution in [-0.2, 0) is 11.2 Å². The van der Waals surface area contributed by atoms with E-state index in [2.05, 4.69) is 29.6 Å². The summed E-state index contributed by atoms with van der Waals surface area (Å²) in [6.07, 6.45) is 0.753. The minimum Gasteiger partial charge on any atom is -0.325 e. The Hall–Kier alpha value is -3.44. The minimum atomic E-state index is -0.133. The molecule has 1 amide bonds. The smallest absolute Gasteiger partial charge is 0.234 e. The van der Waals surface area contributed by atoms with E-state index in [9.17, 15) is 9.59 Å². The zero-order valence-corrected chi connectivity index (χ0v) is 18.0. The van der Waals surface area contributed by atoms with Crippen molar-refractivity contribution in [3.8, 4) is 0 Å². The fourth-order valence-corrected chi connectivity index (χ4v) is 4.18. The molecule has 0 aliphatic heterocycles. The third-order valence-electron chi connectivity index (χ3n) is 4.89. The molecule has 154 valence electrons. The molecular formula is C26H22N2O2S. The van der Waals surface area contributed by atoms with Gasteiger partial charge in [0.25, 0.3) is 0 Å². The van der Waals surface area contributed by atoms with Crippen molar-refractivity contribution in [3.05, 3.63) is 102 Å². The quantitative estimate of drug-likeness (QED) is 0.302. The molecule has 5 heteroatoms. The summed E-state index contributed by atoms with van der Waals surface area (Å²) in [4.78, 5) is 28.9. The van der Waals surface area contributed by atoms with Crippen LogP contribution < -0.4 is 5.32 Å². The molecule has 4 nitrogen and oxygen atoms in total. The molecule has 0 aliphatic rings. The fraction of sp³-hybridized carbons (Fsp3) is 0.115. The van der Waals surface area contributed by atoms with Crippen molar-refractivity contribution in [2.24, 2.45) is 0 Å². The number of hydrogen-bond acceptors (Lipinski definition) is 4. The first-order chi connectivity index (χ1) is 15.1. The number of anilines is 1. The maximum atomic E-state index is 12.6. The predicted octanol–water partition coefficient (Wildman–Crippen LogP) is 5.76. The molecule has 0 radical (unpaired) electrons. The molecule has 0 bridgehead atoms. The van der Waals surface area contributed by atoms with E-state index in [1.807, 2.05) is 36.4 Å². The number of nitrogens with one attached hydrogen (secondary N) is 1. The van der Waals surface area contributed by atoms with Crippen LogP contribution in [-0.4, -0.2) is 22.4 Å². The molecule has 0 fully saturated rings. The number of Topliss-reactive ketones (excluding diaryl/α,β-unsaturated/α-hetero) is 1. The summed E-state index contributed by atoms with van der Waals surface area (Å²) in [6.45, 7) is 1.51. The van der Waals surface area contributed by atoms with E-state index < -0.39 is 0 Å². The van der Waals surface area contributed by atoms with Crippen molar-refractivity contribution in [1.29, 1.82) is 0 Å². The first-order valence-corrected chi connectivity index (χ1v) is 11.0. The van der Waals surface area contributed by atoms with E-state index in [-0.39, 0.29) is 17.4 Å². The molecule has 0 aliphatic carbocycles. The normalized spacial score (nSPS) is 10.7. The molecule has 31 heavy (non-hydrogen) atoms. The van der Waals surface area contributed by atoms with Crippen LogP contribution in [0.3, 0.4) is 0 Å². The topological polar surface area (TPSA) is 59.1 Å². The maximum Gasteiger partial charge on any atom is 0.234 e. The van der Waals surface area contributed by atoms with E-state index >= 15 is 0 Å². The Kier molecular flexibility index (Phi) is 6.43. The summed E-state index contributed by atoms with van der Waals surface area (Å²) in [7, 11) is 0. The van der Waals surface area contributed by atoms with Crippen LogP contribution in [0.15, 0.2) is 90.0 Å². The minimum absolute atomic E-state index is 0.0311. The van der Waals surface area contributed by atoms with Gasteiger partial charge < -0.3 is 5.32 Å². The van der Waals surface area contributed by atoms with Gasteiger partial charge in [-0.15, -0.1) is 0 Å². The lowest BCUT2D eigenvalue weighted by molar-refractivity contribution is -0.113. The summed E-state index contributed by atoms with van der Waals surface area (Å²) in [5, 5.41) is 4.82. The highest BCUT2D eigenvalue weighted by molar-refractivity contribution is 8.00. The van der Waals surface area contributed by atoms with Crippen molar-refractivity contribution >= 4 is 40.0 Å². The second-order valence-corrected chi connectivity index (χ2v) is 8.25. The number of rotatable bonds is 7. The van der Waals surface area contributed by atoms with Crippen LogP contribution in [0.4, 0.5) is 5.69 Å². The fourth-order valence-electron chi connectivity index (χ4n) is 3.36. The molecule has 0 saturated heterocycles. The average Bonchev–Trinajstić information content (AvgIpc) is 2.78. The number of carbonyl (C=O) groups is 2. The molecular weight excluding hydrogens is 404 g/mol. The predicted molar refractivity (Wildman–Crippen MR) is 127 cm³/mol. The van der Waals surface area contributed by atoms with Crippen molar-refractivity contribution in [2.75, 3.05) is 11.1 Å². The van der Waals surface area contributed by atoms with Gasteiger partial charge in [0.1, 0.15) is 5.03 Å². The van der Waals surface area contributed by atoms with Crippen LogP contribution in [0, 0.1) is 0 Å². The van der Waals surface area contributed by atoms with Gasteiger partial charge >= 0.3 is 0 Å². The van der Waals surface area contributed by atoms with Gasteiger partial charge in [-0.25, -0.2) is 4.98 Å². The number of hydrogen-bond donors (Lipinski definition) is 1. The van der Waals surface area contributed by atoms with E-state index in [1.165, 1.54) is 24.2 Å². The third kappa shape index (κ3) is 5.38. The van der Waals surface area contributed by atoms with Crippen LogP contribution >= 0.6 is 11.8 Å². The zero-order chi connectivity index (χ0) is 21.6. The number of nitrogens with zero attached hydrogens (tertiary/aromatic N) is 1. The van der Waals surface area contributed by atoms with Crippen molar-refractivity contribution in [2.45, 2.75) is 18.4 Å². The molecule has 0 saturated carbocycles. The number of thioether (sulfide) groups is 1. The molecule has 1 heterocycles. The van der Waals surface area contributed by atoms with Crippen LogP contribution in [0.2, 0.25) is 0 Å². The summed E-state index contributed by atoms with van der Waals surface area (Å²) < 4.78 is 0. The molecule has 0 spiro atoms.